The predicted molar refractivity (Wildman–Crippen MR) is 96.1 cm³/mol. The number of aryl methyl sites for hydroxylation is 1. The summed E-state index contributed by atoms with van der Waals surface area (Å²) in [6.07, 6.45) is 5.79. The van der Waals surface area contributed by atoms with Gasteiger partial charge >= 0.3 is 0 Å². The number of rotatable bonds is 3. The molecule has 4 rings (SSSR count). The quantitative estimate of drug-likeness (QED) is 0.794. The first-order valence-corrected chi connectivity index (χ1v) is 9.99. The maximum Gasteiger partial charge on any atom is 0.233 e. The molecule has 0 radical (unpaired) electrons. The van der Waals surface area contributed by atoms with Gasteiger partial charge in [-0.2, -0.15) is 0 Å². The summed E-state index contributed by atoms with van der Waals surface area (Å²) in [5.41, 5.74) is 0. The number of aromatic nitrogens is 3. The highest BCUT2D eigenvalue weighted by Gasteiger charge is 2.54. The molecule has 8 heteroatoms. The van der Waals surface area contributed by atoms with Gasteiger partial charge in [0.15, 0.2) is 5.82 Å². The van der Waals surface area contributed by atoms with Gasteiger partial charge in [0.05, 0.1) is 24.3 Å². The Morgan fingerprint density at radius 3 is 2.78 bits per heavy atom. The Labute approximate surface area is 158 Å². The number of hydrogen-bond donors (Lipinski definition) is 1. The summed E-state index contributed by atoms with van der Waals surface area (Å²) in [4.78, 5) is 39.1. The van der Waals surface area contributed by atoms with E-state index in [4.69, 9.17) is 0 Å². The molecule has 1 N–H and O–H groups in total. The molecule has 2 aliphatic heterocycles. The third-order valence-corrected chi connectivity index (χ3v) is 6.54. The van der Waals surface area contributed by atoms with Crippen LogP contribution in [-0.4, -0.2) is 44.4 Å². The van der Waals surface area contributed by atoms with E-state index in [0.29, 0.717) is 13.0 Å². The second kappa shape index (κ2) is 7.05. The van der Waals surface area contributed by atoms with Gasteiger partial charge in [-0.25, -0.2) is 0 Å². The monoisotopic (exact) mass is 373 g/mol. The van der Waals surface area contributed by atoms with Crippen LogP contribution < -0.4 is 5.32 Å². The molecule has 1 aliphatic carbocycles. The Bertz CT molecular complexity index is 773. The van der Waals surface area contributed by atoms with Gasteiger partial charge in [-0.1, -0.05) is 13.3 Å². The first-order valence-electron chi connectivity index (χ1n) is 9.99. The van der Waals surface area contributed by atoms with Crippen LogP contribution in [0.25, 0.3) is 0 Å². The molecule has 0 bridgehead atoms. The Morgan fingerprint density at radius 1 is 1.15 bits per heavy atom. The van der Waals surface area contributed by atoms with Crippen molar-refractivity contribution in [1.29, 1.82) is 0 Å². The molecule has 1 saturated carbocycles. The van der Waals surface area contributed by atoms with E-state index < -0.39 is 11.8 Å². The molecule has 4 atom stereocenters. The normalized spacial score (nSPS) is 30.7. The van der Waals surface area contributed by atoms with Crippen LogP contribution in [0, 0.1) is 23.7 Å². The van der Waals surface area contributed by atoms with Crippen molar-refractivity contribution in [2.24, 2.45) is 23.7 Å². The number of carbonyl (C=O) groups excluding carboxylic acids is 3. The molecule has 2 fully saturated rings. The summed E-state index contributed by atoms with van der Waals surface area (Å²) >= 11 is 0. The van der Waals surface area contributed by atoms with Crippen molar-refractivity contribution in [2.75, 3.05) is 7.05 Å². The van der Waals surface area contributed by atoms with Crippen LogP contribution in [0.15, 0.2) is 0 Å². The van der Waals surface area contributed by atoms with E-state index in [1.807, 2.05) is 6.92 Å². The molecule has 3 heterocycles. The lowest BCUT2D eigenvalue weighted by atomic mass is 9.67. The van der Waals surface area contributed by atoms with E-state index in [0.717, 1.165) is 43.9 Å². The SMILES string of the molecule is C[C@@H]1CC[C@@H]2C(=O)N(C)C(=O)[C@@H]2[C@@H]1C(=O)NCc1nnc2n1CCCCC2. The summed E-state index contributed by atoms with van der Waals surface area (Å²) in [5.74, 6) is -0.0142. The average molecular weight is 373 g/mol. The van der Waals surface area contributed by atoms with Gasteiger partial charge in [-0.15, -0.1) is 10.2 Å². The van der Waals surface area contributed by atoms with Crippen molar-refractivity contribution in [3.8, 4) is 0 Å². The fourth-order valence-electron chi connectivity index (χ4n) is 4.97. The molecular weight excluding hydrogens is 346 g/mol. The van der Waals surface area contributed by atoms with E-state index in [1.165, 1.54) is 18.4 Å². The molecule has 27 heavy (non-hydrogen) atoms. The van der Waals surface area contributed by atoms with E-state index >= 15 is 0 Å². The first-order chi connectivity index (χ1) is 13.0. The molecule has 0 unspecified atom stereocenters. The lowest BCUT2D eigenvalue weighted by Gasteiger charge is -2.34. The van der Waals surface area contributed by atoms with Crippen LogP contribution in [0.1, 0.15) is 50.7 Å². The van der Waals surface area contributed by atoms with Gasteiger partial charge in [-0.05, 0) is 31.6 Å². The molecule has 3 aliphatic rings. The molecule has 3 amide bonds. The number of amides is 3. The van der Waals surface area contributed by atoms with Crippen molar-refractivity contribution >= 4 is 17.7 Å². The molecule has 146 valence electrons. The Kier molecular flexibility index (Phi) is 4.74. The maximum absolute atomic E-state index is 13.0. The molecule has 1 aromatic rings. The summed E-state index contributed by atoms with van der Waals surface area (Å²) < 4.78 is 2.11. The maximum atomic E-state index is 13.0. The van der Waals surface area contributed by atoms with E-state index in [1.54, 1.807) is 0 Å². The molecule has 0 aromatic carbocycles. The van der Waals surface area contributed by atoms with Gasteiger partial charge in [0.2, 0.25) is 17.7 Å². The van der Waals surface area contributed by atoms with Crippen LogP contribution in [0.5, 0.6) is 0 Å². The molecule has 8 nitrogen and oxygen atoms in total. The fraction of sp³-hybridized carbons (Fsp3) is 0.737. The number of likely N-dealkylation sites (tertiary alicyclic amines) is 1. The minimum Gasteiger partial charge on any atom is -0.349 e. The third kappa shape index (κ3) is 3.04. The zero-order chi connectivity index (χ0) is 19.1. The largest absolute Gasteiger partial charge is 0.349 e. The number of imide groups is 1. The minimum absolute atomic E-state index is 0.0741. The summed E-state index contributed by atoms with van der Waals surface area (Å²) in [5, 5.41) is 11.5. The third-order valence-electron chi connectivity index (χ3n) is 6.54. The average Bonchev–Trinajstić information content (AvgIpc) is 3.01. The summed E-state index contributed by atoms with van der Waals surface area (Å²) in [6, 6.07) is 0. The first kappa shape index (κ1) is 18.1. The van der Waals surface area contributed by atoms with E-state index in [9.17, 15) is 14.4 Å². The Hall–Kier alpha value is -2.25. The van der Waals surface area contributed by atoms with Gasteiger partial charge in [0.1, 0.15) is 5.82 Å². The molecule has 0 spiro atoms. The highest BCUT2D eigenvalue weighted by Crippen LogP contribution is 2.44. The molecule has 1 aromatic heterocycles. The van der Waals surface area contributed by atoms with E-state index in [2.05, 4.69) is 20.1 Å². The van der Waals surface area contributed by atoms with Crippen LogP contribution in [0.3, 0.4) is 0 Å². The lowest BCUT2D eigenvalue weighted by molar-refractivity contribution is -0.141. The van der Waals surface area contributed by atoms with Crippen molar-refractivity contribution in [2.45, 2.75) is 58.5 Å². The van der Waals surface area contributed by atoms with Crippen LogP contribution in [0.2, 0.25) is 0 Å². The minimum atomic E-state index is -0.526. The van der Waals surface area contributed by atoms with Crippen molar-refractivity contribution in [3.05, 3.63) is 11.6 Å². The lowest BCUT2D eigenvalue weighted by Crippen LogP contribution is -2.45. The zero-order valence-electron chi connectivity index (χ0n) is 16.0. The second-order valence-electron chi connectivity index (χ2n) is 8.16. The van der Waals surface area contributed by atoms with Gasteiger partial charge < -0.3 is 9.88 Å². The van der Waals surface area contributed by atoms with Gasteiger partial charge in [-0.3, -0.25) is 19.3 Å². The van der Waals surface area contributed by atoms with Crippen LogP contribution in [-0.2, 0) is 33.9 Å². The Balaban J connectivity index is 1.48. The number of nitrogens with one attached hydrogen (secondary N) is 1. The molecular formula is C19H27N5O3. The highest BCUT2D eigenvalue weighted by molar-refractivity contribution is 6.06. The smallest absolute Gasteiger partial charge is 0.233 e. The summed E-state index contributed by atoms with van der Waals surface area (Å²) in [7, 11) is 1.52. The topological polar surface area (TPSA) is 97.2 Å². The van der Waals surface area contributed by atoms with Crippen molar-refractivity contribution < 1.29 is 14.4 Å². The van der Waals surface area contributed by atoms with E-state index in [-0.39, 0.29) is 29.6 Å². The second-order valence-corrected chi connectivity index (χ2v) is 8.16. The number of hydrogen-bond acceptors (Lipinski definition) is 5. The standard InChI is InChI=1S/C19H27N5O3/c1-11-7-8-12-16(19(27)23(2)18(12)26)15(11)17(25)20-10-14-22-21-13-6-4-3-5-9-24(13)14/h11-12,15-16H,3-10H2,1-2H3,(H,20,25)/t11-,12+,15-,16+/m1/s1. The predicted octanol–water partition coefficient (Wildman–Crippen LogP) is 0.898. The number of carbonyl (C=O) groups is 3. The fourth-order valence-corrected chi connectivity index (χ4v) is 4.97. The van der Waals surface area contributed by atoms with Crippen molar-refractivity contribution in [1.82, 2.24) is 25.0 Å². The van der Waals surface area contributed by atoms with Crippen molar-refractivity contribution in [3.63, 3.8) is 0 Å². The van der Waals surface area contributed by atoms with Crippen LogP contribution >= 0.6 is 0 Å². The van der Waals surface area contributed by atoms with Crippen LogP contribution in [0.4, 0.5) is 0 Å². The van der Waals surface area contributed by atoms with Gasteiger partial charge in [0.25, 0.3) is 0 Å². The summed E-state index contributed by atoms with van der Waals surface area (Å²) in [6.45, 7) is 3.19. The Morgan fingerprint density at radius 2 is 1.96 bits per heavy atom. The molecule has 1 saturated heterocycles. The zero-order valence-corrected chi connectivity index (χ0v) is 16.0. The number of nitrogens with zero attached hydrogens (tertiary/aromatic N) is 4. The number of fused-ring (bicyclic) bond motifs is 2. The van der Waals surface area contributed by atoms with Gasteiger partial charge in [0, 0.05) is 20.0 Å². The highest BCUT2D eigenvalue weighted by atomic mass is 16.2.